The Kier molecular flexibility index (Phi) is 3.18. The van der Waals surface area contributed by atoms with Gasteiger partial charge in [-0.3, -0.25) is 0 Å². The van der Waals surface area contributed by atoms with Crippen LogP contribution >= 0.6 is 0 Å². The number of rotatable bonds is 0. The van der Waals surface area contributed by atoms with Crippen molar-refractivity contribution in [2.75, 3.05) is 6.61 Å². The molecule has 3 rings (SSSR count). The first-order valence-electron chi connectivity index (χ1n) is 6.08. The monoisotopic (exact) mass is 217 g/mol. The zero-order valence-electron chi connectivity index (χ0n) is 10.3. The molecule has 0 saturated heterocycles. The number of ether oxygens (including phenoxy) is 1. The molecule has 1 aliphatic rings. The molecule has 2 heterocycles. The van der Waals surface area contributed by atoms with E-state index in [1.165, 1.54) is 22.2 Å². The molecule has 16 heavy (non-hydrogen) atoms. The zero-order valence-corrected chi connectivity index (χ0v) is 10.3. The van der Waals surface area contributed by atoms with Crippen molar-refractivity contribution in [2.45, 2.75) is 33.6 Å². The average molecular weight is 217 g/mol. The minimum Gasteiger partial charge on any atom is -0.493 e. The predicted octanol–water partition coefficient (Wildman–Crippen LogP) is 3.83. The Morgan fingerprint density at radius 2 is 2.06 bits per heavy atom. The van der Waals surface area contributed by atoms with E-state index in [-0.39, 0.29) is 0 Å². The third kappa shape index (κ3) is 1.80. The molecule has 1 N–H and O–H groups in total. The molecule has 0 saturated carbocycles. The van der Waals surface area contributed by atoms with Crippen LogP contribution in [0.5, 0.6) is 5.75 Å². The fourth-order valence-corrected chi connectivity index (χ4v) is 2.21. The molecular weight excluding hydrogens is 198 g/mol. The van der Waals surface area contributed by atoms with Crippen LogP contribution in [0.3, 0.4) is 0 Å². The van der Waals surface area contributed by atoms with Crippen LogP contribution in [0, 0.1) is 6.92 Å². The molecule has 1 aromatic carbocycles. The van der Waals surface area contributed by atoms with E-state index in [2.05, 4.69) is 30.1 Å². The highest BCUT2D eigenvalue weighted by atomic mass is 16.5. The summed E-state index contributed by atoms with van der Waals surface area (Å²) >= 11 is 0. The lowest BCUT2D eigenvalue weighted by Crippen LogP contribution is -2.08. The van der Waals surface area contributed by atoms with Crippen LogP contribution in [0.4, 0.5) is 0 Å². The van der Waals surface area contributed by atoms with Gasteiger partial charge in [0.15, 0.2) is 0 Å². The molecular formula is C14H19NO. The molecule has 0 unspecified atom stereocenters. The molecule has 1 aromatic heterocycles. The van der Waals surface area contributed by atoms with Crippen molar-refractivity contribution < 1.29 is 4.74 Å². The molecule has 0 aliphatic carbocycles. The van der Waals surface area contributed by atoms with Gasteiger partial charge in [0.2, 0.25) is 0 Å². The molecule has 2 nitrogen and oxygen atoms in total. The van der Waals surface area contributed by atoms with Gasteiger partial charge in [0.25, 0.3) is 0 Å². The molecule has 0 bridgehead atoms. The summed E-state index contributed by atoms with van der Waals surface area (Å²) in [7, 11) is 0. The van der Waals surface area contributed by atoms with E-state index in [9.17, 15) is 0 Å². The topological polar surface area (TPSA) is 25.0 Å². The van der Waals surface area contributed by atoms with E-state index in [1.54, 1.807) is 0 Å². The second-order valence-corrected chi connectivity index (χ2v) is 3.91. The highest BCUT2D eigenvalue weighted by molar-refractivity contribution is 5.86. The van der Waals surface area contributed by atoms with Crippen LogP contribution in [0.2, 0.25) is 0 Å². The van der Waals surface area contributed by atoms with Gasteiger partial charge in [-0.05, 0) is 38.0 Å². The minimum atomic E-state index is 0.863. The number of fused-ring (bicyclic) bond motifs is 3. The van der Waals surface area contributed by atoms with E-state index in [0.29, 0.717) is 0 Å². The lowest BCUT2D eigenvalue weighted by molar-refractivity contribution is 0.289. The van der Waals surface area contributed by atoms with Crippen molar-refractivity contribution in [2.24, 2.45) is 0 Å². The van der Waals surface area contributed by atoms with Crippen molar-refractivity contribution in [3.05, 3.63) is 29.5 Å². The van der Waals surface area contributed by atoms with Crippen LogP contribution < -0.4 is 4.74 Å². The first-order valence-corrected chi connectivity index (χ1v) is 6.08. The fourth-order valence-electron chi connectivity index (χ4n) is 2.21. The Morgan fingerprint density at radius 1 is 1.25 bits per heavy atom. The molecule has 0 spiro atoms. The second-order valence-electron chi connectivity index (χ2n) is 3.91. The summed E-state index contributed by atoms with van der Waals surface area (Å²) in [5.74, 6) is 1.07. The van der Waals surface area contributed by atoms with Crippen molar-refractivity contribution in [1.82, 2.24) is 4.98 Å². The van der Waals surface area contributed by atoms with Crippen molar-refractivity contribution >= 4 is 10.9 Å². The first kappa shape index (κ1) is 11.1. The van der Waals surface area contributed by atoms with E-state index in [4.69, 9.17) is 4.74 Å². The second kappa shape index (κ2) is 4.60. The van der Waals surface area contributed by atoms with Crippen LogP contribution in [0.1, 0.15) is 31.5 Å². The maximum absolute atomic E-state index is 5.63. The summed E-state index contributed by atoms with van der Waals surface area (Å²) in [5.41, 5.74) is 3.82. The van der Waals surface area contributed by atoms with Crippen LogP contribution in [-0.2, 0) is 6.42 Å². The normalized spacial score (nSPS) is 13.7. The van der Waals surface area contributed by atoms with E-state index < -0.39 is 0 Å². The van der Waals surface area contributed by atoms with Crippen LogP contribution in [0.15, 0.2) is 18.2 Å². The number of nitrogens with one attached hydrogen (secondary N) is 1. The van der Waals surface area contributed by atoms with Crippen LogP contribution in [-0.4, -0.2) is 11.6 Å². The summed E-state index contributed by atoms with van der Waals surface area (Å²) < 4.78 is 5.63. The van der Waals surface area contributed by atoms with Crippen LogP contribution in [0.25, 0.3) is 10.9 Å². The van der Waals surface area contributed by atoms with Gasteiger partial charge in [-0.15, -0.1) is 0 Å². The molecule has 0 amide bonds. The highest BCUT2D eigenvalue weighted by Gasteiger charge is 2.14. The quantitative estimate of drug-likeness (QED) is 0.712. The van der Waals surface area contributed by atoms with Gasteiger partial charge < -0.3 is 9.72 Å². The summed E-state index contributed by atoms with van der Waals surface area (Å²) in [5, 5.41) is 1.33. The van der Waals surface area contributed by atoms with Crippen molar-refractivity contribution in [1.29, 1.82) is 0 Å². The lowest BCUT2D eigenvalue weighted by Gasteiger charge is -2.17. The Labute approximate surface area is 96.6 Å². The Morgan fingerprint density at radius 3 is 2.88 bits per heavy atom. The molecule has 1 aliphatic heterocycles. The third-order valence-corrected chi connectivity index (χ3v) is 2.84. The summed E-state index contributed by atoms with van der Waals surface area (Å²) in [6.07, 6.45) is 2.28. The first-order chi connectivity index (χ1) is 7.84. The molecule has 0 atom stereocenters. The van der Waals surface area contributed by atoms with Gasteiger partial charge in [0.05, 0.1) is 6.61 Å². The number of aryl methyl sites for hydroxylation is 2. The number of benzene rings is 1. The maximum atomic E-state index is 5.63. The van der Waals surface area contributed by atoms with E-state index in [1.807, 2.05) is 13.8 Å². The van der Waals surface area contributed by atoms with Gasteiger partial charge in [-0.25, -0.2) is 0 Å². The number of aromatic amines is 1. The fraction of sp³-hybridized carbons (Fsp3) is 0.429. The molecule has 2 heteroatoms. The predicted molar refractivity (Wildman–Crippen MR) is 68.2 cm³/mol. The lowest BCUT2D eigenvalue weighted by atomic mass is 10.0. The summed E-state index contributed by atoms with van der Waals surface area (Å²) in [6.45, 7) is 6.96. The van der Waals surface area contributed by atoms with Gasteiger partial charge >= 0.3 is 0 Å². The molecule has 2 aromatic rings. The number of hydrogen-bond donors (Lipinski definition) is 1. The van der Waals surface area contributed by atoms with E-state index >= 15 is 0 Å². The van der Waals surface area contributed by atoms with Crippen molar-refractivity contribution in [3.63, 3.8) is 0 Å². The SMILES string of the molecule is CC.Cc1cc2c3c(ccc2[nH]1)OCCC3. The van der Waals surface area contributed by atoms with Gasteiger partial charge in [0, 0.05) is 22.2 Å². The average Bonchev–Trinajstić information content (AvgIpc) is 2.72. The number of H-pyrrole nitrogens is 1. The van der Waals surface area contributed by atoms with Gasteiger partial charge in [-0.1, -0.05) is 13.8 Å². The van der Waals surface area contributed by atoms with Gasteiger partial charge in [0.1, 0.15) is 5.75 Å². The number of aromatic nitrogens is 1. The zero-order chi connectivity index (χ0) is 11.5. The largest absolute Gasteiger partial charge is 0.493 e. The highest BCUT2D eigenvalue weighted by Crippen LogP contribution is 2.32. The standard InChI is InChI=1S/C12H13NO.C2H6/c1-8-7-10-9-3-2-6-14-12(9)5-4-11(10)13-8;1-2/h4-5,7,13H,2-3,6H2,1H3;1-2H3. The van der Waals surface area contributed by atoms with E-state index in [0.717, 1.165) is 25.2 Å². The summed E-state index contributed by atoms with van der Waals surface area (Å²) in [4.78, 5) is 3.35. The molecule has 0 fully saturated rings. The minimum absolute atomic E-state index is 0.863. The van der Waals surface area contributed by atoms with Crippen molar-refractivity contribution in [3.8, 4) is 5.75 Å². The Hall–Kier alpha value is -1.44. The van der Waals surface area contributed by atoms with Gasteiger partial charge in [-0.2, -0.15) is 0 Å². The number of hydrogen-bond acceptors (Lipinski definition) is 1. The molecule has 86 valence electrons. The third-order valence-electron chi connectivity index (χ3n) is 2.84. The smallest absolute Gasteiger partial charge is 0.123 e. The Bertz CT molecular complexity index is 485. The maximum Gasteiger partial charge on any atom is 0.123 e. The summed E-state index contributed by atoms with van der Waals surface area (Å²) in [6, 6.07) is 6.39. The molecule has 0 radical (unpaired) electrons. The Balaban J connectivity index is 0.000000457.